The average Bonchev–Trinajstić information content (AvgIpc) is 2.86. The third kappa shape index (κ3) is 2.17. The lowest BCUT2D eigenvalue weighted by Gasteiger charge is -2.54. The van der Waals surface area contributed by atoms with Gasteiger partial charge in [-0.1, -0.05) is 20.8 Å². The van der Waals surface area contributed by atoms with Crippen LogP contribution in [0, 0.1) is 11.3 Å². The molecule has 1 aromatic rings. The Bertz CT molecular complexity index is 480. The molecule has 0 bridgehead atoms. The average molecular weight is 277 g/mol. The van der Waals surface area contributed by atoms with Gasteiger partial charge in [0, 0.05) is 25.2 Å². The fourth-order valence-corrected chi connectivity index (χ4v) is 4.27. The summed E-state index contributed by atoms with van der Waals surface area (Å²) >= 11 is 0. The molecular formula is C15H27N5. The Hall–Kier alpha value is -0.940. The summed E-state index contributed by atoms with van der Waals surface area (Å²) < 4.78 is 2.16. The molecule has 1 saturated carbocycles. The van der Waals surface area contributed by atoms with Crippen molar-refractivity contribution < 1.29 is 0 Å². The first-order valence-corrected chi connectivity index (χ1v) is 7.79. The number of aromatic nitrogens is 3. The predicted octanol–water partition coefficient (Wildman–Crippen LogP) is 1.64. The number of hydrogen-bond donors (Lipinski definition) is 1. The summed E-state index contributed by atoms with van der Waals surface area (Å²) in [4.78, 5) is 2.58. The molecule has 2 N–H and O–H groups in total. The zero-order valence-electron chi connectivity index (χ0n) is 13.0. The summed E-state index contributed by atoms with van der Waals surface area (Å²) in [5.74, 6) is 1.71. The fourth-order valence-electron chi connectivity index (χ4n) is 4.27. The maximum atomic E-state index is 6.26. The fraction of sp³-hybridized carbons (Fsp3) is 0.867. The molecule has 1 aliphatic heterocycles. The normalized spacial score (nSPS) is 33.9. The Morgan fingerprint density at radius 1 is 1.35 bits per heavy atom. The van der Waals surface area contributed by atoms with Crippen molar-refractivity contribution in [1.29, 1.82) is 0 Å². The van der Waals surface area contributed by atoms with E-state index in [1.54, 1.807) is 0 Å². The molecule has 2 aliphatic rings. The van der Waals surface area contributed by atoms with E-state index in [9.17, 15) is 0 Å². The van der Waals surface area contributed by atoms with Crippen molar-refractivity contribution in [2.24, 2.45) is 17.1 Å². The number of fused-ring (bicyclic) bond motifs is 1. The van der Waals surface area contributed by atoms with Crippen molar-refractivity contribution in [2.45, 2.75) is 58.7 Å². The van der Waals surface area contributed by atoms with E-state index in [1.165, 1.54) is 19.3 Å². The van der Waals surface area contributed by atoms with E-state index in [1.807, 2.05) is 6.33 Å². The Kier molecular flexibility index (Phi) is 3.37. The van der Waals surface area contributed by atoms with Crippen LogP contribution in [0.4, 0.5) is 0 Å². The van der Waals surface area contributed by atoms with Crippen molar-refractivity contribution in [3.05, 3.63) is 12.2 Å². The molecule has 0 spiro atoms. The molecular weight excluding hydrogens is 250 g/mol. The largest absolute Gasteiger partial charge is 0.329 e. The third-order valence-corrected chi connectivity index (χ3v) is 5.63. The predicted molar refractivity (Wildman–Crippen MR) is 79.0 cm³/mol. The van der Waals surface area contributed by atoms with E-state index in [4.69, 9.17) is 5.73 Å². The second-order valence-corrected chi connectivity index (χ2v) is 7.44. The Balaban J connectivity index is 1.84. The molecule has 0 amide bonds. The molecule has 1 aliphatic carbocycles. The molecule has 0 radical (unpaired) electrons. The first kappa shape index (κ1) is 14.0. The van der Waals surface area contributed by atoms with Gasteiger partial charge in [0.25, 0.3) is 0 Å². The van der Waals surface area contributed by atoms with E-state index in [2.05, 4.69) is 40.4 Å². The van der Waals surface area contributed by atoms with Crippen LogP contribution in [0.15, 0.2) is 6.33 Å². The van der Waals surface area contributed by atoms with Gasteiger partial charge in [-0.3, -0.25) is 4.90 Å². The van der Waals surface area contributed by atoms with Crippen molar-refractivity contribution in [3.8, 4) is 0 Å². The molecule has 1 aromatic heterocycles. The second kappa shape index (κ2) is 4.81. The highest BCUT2D eigenvalue weighted by atomic mass is 15.3. The van der Waals surface area contributed by atoms with Crippen LogP contribution < -0.4 is 5.73 Å². The molecule has 20 heavy (non-hydrogen) atoms. The van der Waals surface area contributed by atoms with Crippen molar-refractivity contribution in [1.82, 2.24) is 19.7 Å². The minimum Gasteiger partial charge on any atom is -0.329 e. The lowest BCUT2D eigenvalue weighted by molar-refractivity contribution is -0.0373. The van der Waals surface area contributed by atoms with Gasteiger partial charge >= 0.3 is 0 Å². The monoisotopic (exact) mass is 277 g/mol. The molecule has 112 valence electrons. The van der Waals surface area contributed by atoms with E-state index >= 15 is 0 Å². The Labute approximate surface area is 121 Å². The van der Waals surface area contributed by atoms with Gasteiger partial charge in [0.05, 0.1) is 6.54 Å². The van der Waals surface area contributed by atoms with Gasteiger partial charge in [0.2, 0.25) is 0 Å². The molecule has 2 unspecified atom stereocenters. The van der Waals surface area contributed by atoms with Crippen LogP contribution in [-0.2, 0) is 13.1 Å². The molecule has 5 nitrogen and oxygen atoms in total. The number of nitrogens with zero attached hydrogens (tertiary/aromatic N) is 4. The van der Waals surface area contributed by atoms with Gasteiger partial charge in [-0.2, -0.15) is 0 Å². The summed E-state index contributed by atoms with van der Waals surface area (Å²) in [6.45, 7) is 10.8. The first-order valence-electron chi connectivity index (χ1n) is 7.79. The maximum absolute atomic E-state index is 6.26. The van der Waals surface area contributed by atoms with E-state index in [0.29, 0.717) is 11.3 Å². The Morgan fingerprint density at radius 3 is 2.85 bits per heavy atom. The molecule has 0 aromatic carbocycles. The zero-order valence-corrected chi connectivity index (χ0v) is 13.0. The molecule has 2 heterocycles. The Morgan fingerprint density at radius 2 is 2.15 bits per heavy atom. The highest BCUT2D eigenvalue weighted by Gasteiger charge is 2.47. The van der Waals surface area contributed by atoms with Crippen LogP contribution in [0.1, 0.15) is 45.9 Å². The molecule has 3 rings (SSSR count). The van der Waals surface area contributed by atoms with Crippen LogP contribution in [0.3, 0.4) is 0 Å². The van der Waals surface area contributed by atoms with Crippen LogP contribution in [-0.4, -0.2) is 38.3 Å². The molecule has 2 atom stereocenters. The van der Waals surface area contributed by atoms with Crippen molar-refractivity contribution in [3.63, 3.8) is 0 Å². The summed E-state index contributed by atoms with van der Waals surface area (Å²) in [5.41, 5.74) is 6.86. The van der Waals surface area contributed by atoms with E-state index in [0.717, 1.165) is 32.0 Å². The molecule has 0 saturated heterocycles. The lowest BCUT2D eigenvalue weighted by Crippen LogP contribution is -2.62. The highest BCUT2D eigenvalue weighted by molar-refractivity contribution is 5.05. The van der Waals surface area contributed by atoms with Gasteiger partial charge in [0.1, 0.15) is 12.2 Å². The zero-order chi connectivity index (χ0) is 14.4. The highest BCUT2D eigenvalue weighted by Crippen LogP contribution is 2.46. The van der Waals surface area contributed by atoms with E-state index in [-0.39, 0.29) is 5.54 Å². The first-order chi connectivity index (χ1) is 9.47. The molecule has 1 fully saturated rings. The number of hydrogen-bond acceptors (Lipinski definition) is 4. The molecule has 5 heteroatoms. The third-order valence-electron chi connectivity index (χ3n) is 5.63. The van der Waals surface area contributed by atoms with Crippen LogP contribution in [0.5, 0.6) is 0 Å². The number of nitrogens with two attached hydrogens (primary N) is 1. The van der Waals surface area contributed by atoms with Crippen LogP contribution in [0.2, 0.25) is 0 Å². The van der Waals surface area contributed by atoms with Crippen molar-refractivity contribution >= 4 is 0 Å². The van der Waals surface area contributed by atoms with Gasteiger partial charge in [-0.25, -0.2) is 0 Å². The second-order valence-electron chi connectivity index (χ2n) is 7.44. The van der Waals surface area contributed by atoms with Gasteiger partial charge in [0.15, 0.2) is 0 Å². The van der Waals surface area contributed by atoms with Gasteiger partial charge < -0.3 is 10.3 Å². The number of rotatable bonds is 2. The van der Waals surface area contributed by atoms with Gasteiger partial charge in [-0.05, 0) is 30.6 Å². The van der Waals surface area contributed by atoms with Gasteiger partial charge in [-0.15, -0.1) is 10.2 Å². The quantitative estimate of drug-likeness (QED) is 0.892. The van der Waals surface area contributed by atoms with Crippen LogP contribution >= 0.6 is 0 Å². The summed E-state index contributed by atoms with van der Waals surface area (Å²) in [7, 11) is 0. The smallest absolute Gasteiger partial charge is 0.147 e. The maximum Gasteiger partial charge on any atom is 0.147 e. The standard InChI is InChI=1S/C15H27N5/c1-12-8-14(2,3)4-5-15(12,10-16)20-7-6-19-11-17-18-13(19)9-20/h11-12H,4-10,16H2,1-3H3. The minimum atomic E-state index is 0.146. The summed E-state index contributed by atoms with van der Waals surface area (Å²) in [6, 6.07) is 0. The minimum absolute atomic E-state index is 0.146. The SMILES string of the molecule is CC1CC(C)(C)CCC1(CN)N1CCn2cnnc2C1. The van der Waals surface area contributed by atoms with Crippen molar-refractivity contribution in [2.75, 3.05) is 13.1 Å². The lowest BCUT2D eigenvalue weighted by atomic mass is 9.63. The summed E-state index contributed by atoms with van der Waals surface area (Å²) in [5, 5.41) is 8.28. The van der Waals surface area contributed by atoms with E-state index < -0.39 is 0 Å². The topological polar surface area (TPSA) is 60.0 Å². The van der Waals surface area contributed by atoms with Crippen LogP contribution in [0.25, 0.3) is 0 Å². The summed E-state index contributed by atoms with van der Waals surface area (Å²) in [6.07, 6.45) is 5.56.